The summed E-state index contributed by atoms with van der Waals surface area (Å²) >= 11 is 0. The van der Waals surface area contributed by atoms with Gasteiger partial charge in [-0.25, -0.2) is 0 Å². The Balaban J connectivity index is 1.96. The molecule has 2 aromatic carbocycles. The van der Waals surface area contributed by atoms with Crippen LogP contribution in [0.3, 0.4) is 0 Å². The van der Waals surface area contributed by atoms with E-state index in [4.69, 9.17) is 18.9 Å². The number of hydrogen-bond acceptors (Lipinski definition) is 5. The number of ether oxygens (including phenoxy) is 4. The van der Waals surface area contributed by atoms with Crippen molar-refractivity contribution in [2.45, 2.75) is 39.5 Å². The Labute approximate surface area is 160 Å². The largest absolute Gasteiger partial charge is 0.493 e. The van der Waals surface area contributed by atoms with E-state index in [-0.39, 0.29) is 12.0 Å². The molecule has 2 aromatic rings. The van der Waals surface area contributed by atoms with Crippen LogP contribution >= 0.6 is 0 Å². The fourth-order valence-corrected chi connectivity index (χ4v) is 2.47. The molecule has 27 heavy (non-hydrogen) atoms. The molecule has 1 N–H and O–H groups in total. The van der Waals surface area contributed by atoms with Gasteiger partial charge >= 0.3 is 0 Å². The van der Waals surface area contributed by atoms with Crippen LogP contribution in [0.2, 0.25) is 0 Å². The van der Waals surface area contributed by atoms with E-state index in [1.54, 1.807) is 33.3 Å². The van der Waals surface area contributed by atoms with Crippen molar-refractivity contribution in [2.75, 3.05) is 14.2 Å². The second kappa shape index (κ2) is 9.71. The van der Waals surface area contributed by atoms with Gasteiger partial charge < -0.3 is 24.3 Å². The molecule has 146 valence electrons. The number of benzene rings is 2. The van der Waals surface area contributed by atoms with E-state index >= 15 is 0 Å². The summed E-state index contributed by atoms with van der Waals surface area (Å²) in [6.07, 6.45) is -0.607. The number of nitrogens with one attached hydrogen (secondary N) is 1. The summed E-state index contributed by atoms with van der Waals surface area (Å²) in [6, 6.07) is 12.8. The van der Waals surface area contributed by atoms with Gasteiger partial charge in [0.05, 0.1) is 20.3 Å². The minimum atomic E-state index is -0.660. The summed E-state index contributed by atoms with van der Waals surface area (Å²) in [7, 11) is 3.15. The van der Waals surface area contributed by atoms with E-state index in [0.29, 0.717) is 29.5 Å². The van der Waals surface area contributed by atoms with Gasteiger partial charge in [0.1, 0.15) is 0 Å². The van der Waals surface area contributed by atoms with Crippen LogP contribution in [-0.4, -0.2) is 32.3 Å². The van der Waals surface area contributed by atoms with Gasteiger partial charge in [-0.1, -0.05) is 18.2 Å². The third kappa shape index (κ3) is 5.81. The summed E-state index contributed by atoms with van der Waals surface area (Å²) in [6.45, 7) is 5.96. The first-order chi connectivity index (χ1) is 12.9. The van der Waals surface area contributed by atoms with E-state index in [2.05, 4.69) is 5.32 Å². The number of hydrogen-bond donors (Lipinski definition) is 1. The maximum atomic E-state index is 12.4. The van der Waals surface area contributed by atoms with Gasteiger partial charge in [0.25, 0.3) is 5.91 Å². The average molecular weight is 373 g/mol. The molecule has 0 aliphatic rings. The van der Waals surface area contributed by atoms with Crippen LogP contribution in [0.15, 0.2) is 42.5 Å². The molecule has 1 atom stereocenters. The van der Waals surface area contributed by atoms with Crippen molar-refractivity contribution in [3.63, 3.8) is 0 Å². The summed E-state index contributed by atoms with van der Waals surface area (Å²) in [5.74, 6) is 2.20. The van der Waals surface area contributed by atoms with Gasteiger partial charge in [0.2, 0.25) is 0 Å². The molecule has 0 bridgehead atoms. The second-order valence-corrected chi connectivity index (χ2v) is 6.28. The minimum absolute atomic E-state index is 0.0532. The highest BCUT2D eigenvalue weighted by Crippen LogP contribution is 2.29. The number of carbonyl (C=O) groups is 1. The van der Waals surface area contributed by atoms with Crippen molar-refractivity contribution in [1.82, 2.24) is 5.32 Å². The Bertz CT molecular complexity index is 760. The number of rotatable bonds is 9. The topological polar surface area (TPSA) is 66.0 Å². The minimum Gasteiger partial charge on any atom is -0.493 e. The molecule has 0 aromatic heterocycles. The van der Waals surface area contributed by atoms with Crippen LogP contribution in [0.25, 0.3) is 0 Å². The summed E-state index contributed by atoms with van der Waals surface area (Å²) in [5.41, 5.74) is 0.904. The summed E-state index contributed by atoms with van der Waals surface area (Å²) < 4.78 is 22.0. The van der Waals surface area contributed by atoms with Crippen molar-refractivity contribution in [3.8, 4) is 23.0 Å². The monoisotopic (exact) mass is 373 g/mol. The van der Waals surface area contributed by atoms with Crippen molar-refractivity contribution < 1.29 is 23.7 Å². The SMILES string of the molecule is COc1cc(CNC(=O)C(C)Oc2ccccc2OC)ccc1OC(C)C. The molecule has 0 aliphatic carbocycles. The van der Waals surface area contributed by atoms with Gasteiger partial charge in [-0.15, -0.1) is 0 Å². The fraction of sp³-hybridized carbons (Fsp3) is 0.381. The van der Waals surface area contributed by atoms with E-state index in [0.717, 1.165) is 5.56 Å². The lowest BCUT2D eigenvalue weighted by molar-refractivity contribution is -0.127. The highest BCUT2D eigenvalue weighted by atomic mass is 16.5. The van der Waals surface area contributed by atoms with Crippen LogP contribution in [0.1, 0.15) is 26.3 Å². The summed E-state index contributed by atoms with van der Waals surface area (Å²) in [4.78, 5) is 12.4. The standard InChI is InChI=1S/C21H27NO5/c1-14(2)26-19-11-10-16(12-20(19)25-5)13-22-21(23)15(3)27-18-9-7-6-8-17(18)24-4/h6-12,14-15H,13H2,1-5H3,(H,22,23). The highest BCUT2D eigenvalue weighted by Gasteiger charge is 2.17. The van der Waals surface area contributed by atoms with Crippen LogP contribution in [-0.2, 0) is 11.3 Å². The first-order valence-electron chi connectivity index (χ1n) is 8.85. The van der Waals surface area contributed by atoms with Gasteiger partial charge in [-0.3, -0.25) is 4.79 Å². The van der Waals surface area contributed by atoms with E-state index in [1.165, 1.54) is 0 Å². The fourth-order valence-electron chi connectivity index (χ4n) is 2.47. The predicted octanol–water partition coefficient (Wildman–Crippen LogP) is 3.57. The van der Waals surface area contributed by atoms with Crippen LogP contribution < -0.4 is 24.3 Å². The Kier molecular flexibility index (Phi) is 7.34. The molecule has 0 radical (unpaired) electrons. The normalized spacial score (nSPS) is 11.6. The molecule has 6 heteroatoms. The number of methoxy groups -OCH3 is 2. The third-order valence-electron chi connectivity index (χ3n) is 3.80. The zero-order valence-corrected chi connectivity index (χ0v) is 16.4. The number of para-hydroxylation sites is 2. The Morgan fingerprint density at radius 1 is 0.889 bits per heavy atom. The molecule has 1 unspecified atom stereocenters. The molecule has 0 saturated heterocycles. The maximum Gasteiger partial charge on any atom is 0.261 e. The van der Waals surface area contributed by atoms with E-state index in [9.17, 15) is 4.79 Å². The van der Waals surface area contributed by atoms with Gasteiger partial charge in [0, 0.05) is 6.54 Å². The molecule has 0 spiro atoms. The first-order valence-corrected chi connectivity index (χ1v) is 8.85. The summed E-state index contributed by atoms with van der Waals surface area (Å²) in [5, 5.41) is 2.87. The molecule has 0 heterocycles. The van der Waals surface area contributed by atoms with Crippen molar-refractivity contribution >= 4 is 5.91 Å². The van der Waals surface area contributed by atoms with E-state index in [1.807, 2.05) is 44.2 Å². The number of carbonyl (C=O) groups excluding carboxylic acids is 1. The lowest BCUT2D eigenvalue weighted by atomic mass is 10.2. The molecule has 2 rings (SSSR count). The van der Waals surface area contributed by atoms with E-state index < -0.39 is 6.10 Å². The second-order valence-electron chi connectivity index (χ2n) is 6.28. The molecule has 6 nitrogen and oxygen atoms in total. The van der Waals surface area contributed by atoms with Crippen molar-refractivity contribution in [1.29, 1.82) is 0 Å². The zero-order valence-electron chi connectivity index (χ0n) is 16.4. The lowest BCUT2D eigenvalue weighted by Gasteiger charge is -2.17. The molecule has 0 fully saturated rings. The molecular weight excluding hydrogens is 346 g/mol. The van der Waals surface area contributed by atoms with Gasteiger partial charge in [-0.05, 0) is 50.6 Å². The third-order valence-corrected chi connectivity index (χ3v) is 3.80. The molecule has 0 saturated carbocycles. The molecule has 1 amide bonds. The Hall–Kier alpha value is -2.89. The zero-order chi connectivity index (χ0) is 19.8. The maximum absolute atomic E-state index is 12.4. The molecule has 0 aliphatic heterocycles. The Morgan fingerprint density at radius 2 is 1.52 bits per heavy atom. The number of amides is 1. The van der Waals surface area contributed by atoms with Crippen molar-refractivity contribution in [2.24, 2.45) is 0 Å². The highest BCUT2D eigenvalue weighted by molar-refractivity contribution is 5.80. The van der Waals surface area contributed by atoms with Crippen LogP contribution in [0, 0.1) is 0 Å². The molecular formula is C21H27NO5. The predicted molar refractivity (Wildman–Crippen MR) is 104 cm³/mol. The average Bonchev–Trinajstić information content (AvgIpc) is 2.66. The van der Waals surface area contributed by atoms with Gasteiger partial charge in [-0.2, -0.15) is 0 Å². The quantitative estimate of drug-likeness (QED) is 0.728. The van der Waals surface area contributed by atoms with Crippen LogP contribution in [0.5, 0.6) is 23.0 Å². The van der Waals surface area contributed by atoms with Crippen molar-refractivity contribution in [3.05, 3.63) is 48.0 Å². The van der Waals surface area contributed by atoms with Crippen LogP contribution in [0.4, 0.5) is 0 Å². The van der Waals surface area contributed by atoms with Gasteiger partial charge in [0.15, 0.2) is 29.1 Å². The lowest BCUT2D eigenvalue weighted by Crippen LogP contribution is -2.36. The first kappa shape index (κ1) is 20.4. The smallest absolute Gasteiger partial charge is 0.261 e. The Morgan fingerprint density at radius 3 is 2.15 bits per heavy atom.